The highest BCUT2D eigenvalue weighted by molar-refractivity contribution is 6.35. The van der Waals surface area contributed by atoms with Gasteiger partial charge in [0.1, 0.15) is 0 Å². The van der Waals surface area contributed by atoms with Crippen molar-refractivity contribution < 1.29 is 4.39 Å². The Morgan fingerprint density at radius 3 is 2.44 bits per heavy atom. The molecule has 0 atom stereocenters. The zero-order valence-corrected chi connectivity index (χ0v) is 11.5. The third-order valence-corrected chi connectivity index (χ3v) is 3.35. The van der Waals surface area contributed by atoms with Gasteiger partial charge >= 0.3 is 0 Å². The minimum absolute atomic E-state index is 0.00732. The monoisotopic (exact) mass is 287 g/mol. The van der Waals surface area contributed by atoms with E-state index < -0.39 is 5.82 Å². The number of nitrogens with zero attached hydrogens (tertiary/aromatic N) is 2. The number of aryl methyl sites for hydroxylation is 1. The molecule has 0 aliphatic rings. The van der Waals surface area contributed by atoms with Crippen LogP contribution in [0.5, 0.6) is 0 Å². The molecule has 0 bridgehead atoms. The fraction of sp³-hybridized carbons (Fsp3) is 0.250. The summed E-state index contributed by atoms with van der Waals surface area (Å²) in [5.41, 5.74) is 2.81. The maximum absolute atomic E-state index is 13.2. The third-order valence-electron chi connectivity index (χ3n) is 2.80. The number of rotatable bonds is 3. The summed E-state index contributed by atoms with van der Waals surface area (Å²) in [6, 6.07) is 3.02. The van der Waals surface area contributed by atoms with E-state index in [-0.39, 0.29) is 10.0 Å². The lowest BCUT2D eigenvalue weighted by Gasteiger charge is -2.08. The summed E-state index contributed by atoms with van der Waals surface area (Å²) in [5, 5.41) is 7.29. The van der Waals surface area contributed by atoms with E-state index in [1.807, 2.05) is 14.0 Å². The van der Waals surface area contributed by atoms with Gasteiger partial charge in [-0.2, -0.15) is 5.10 Å². The number of aromatic nitrogens is 2. The van der Waals surface area contributed by atoms with Gasteiger partial charge in [-0.3, -0.25) is 4.68 Å². The summed E-state index contributed by atoms with van der Waals surface area (Å²) in [6.45, 7) is 2.56. The average Bonchev–Trinajstić information content (AvgIpc) is 2.64. The van der Waals surface area contributed by atoms with Gasteiger partial charge in [0.15, 0.2) is 5.82 Å². The van der Waals surface area contributed by atoms with Gasteiger partial charge in [-0.05, 0) is 19.1 Å². The molecule has 0 saturated carbocycles. The molecule has 0 aliphatic carbocycles. The largest absolute Gasteiger partial charge is 0.381 e. The molecule has 1 aromatic heterocycles. The van der Waals surface area contributed by atoms with E-state index in [9.17, 15) is 4.39 Å². The predicted octanol–water partition coefficient (Wildman–Crippen LogP) is 3.79. The first-order valence-corrected chi connectivity index (χ1v) is 6.10. The summed E-state index contributed by atoms with van der Waals surface area (Å²) >= 11 is 11.4. The Kier molecular flexibility index (Phi) is 3.78. The van der Waals surface area contributed by atoms with Gasteiger partial charge in [-0.25, -0.2) is 4.39 Å². The van der Waals surface area contributed by atoms with Crippen LogP contribution in [-0.4, -0.2) is 9.78 Å². The van der Waals surface area contributed by atoms with Gasteiger partial charge < -0.3 is 5.32 Å². The summed E-state index contributed by atoms with van der Waals surface area (Å²) in [6.07, 6.45) is 1.79. The number of halogens is 3. The standard InChI is InChI=1S/C12H12Cl2FN3/c1-7-8(6-17-18(7)2)5-16-9-3-10(13)12(15)11(14)4-9/h3-4,6,16H,5H2,1-2H3. The van der Waals surface area contributed by atoms with E-state index in [2.05, 4.69) is 10.4 Å². The van der Waals surface area contributed by atoms with E-state index >= 15 is 0 Å². The Morgan fingerprint density at radius 1 is 1.33 bits per heavy atom. The van der Waals surface area contributed by atoms with Gasteiger partial charge in [0.05, 0.1) is 16.2 Å². The molecule has 1 heterocycles. The van der Waals surface area contributed by atoms with Crippen molar-refractivity contribution in [3.8, 4) is 0 Å². The lowest BCUT2D eigenvalue weighted by Crippen LogP contribution is -2.01. The van der Waals surface area contributed by atoms with Crippen LogP contribution < -0.4 is 5.32 Å². The molecule has 1 aromatic carbocycles. The number of nitrogens with one attached hydrogen (secondary N) is 1. The number of benzene rings is 1. The van der Waals surface area contributed by atoms with Crippen molar-refractivity contribution in [3.05, 3.63) is 45.4 Å². The molecule has 0 unspecified atom stereocenters. The summed E-state index contributed by atoms with van der Waals surface area (Å²) in [4.78, 5) is 0. The Bertz CT molecular complexity index is 558. The highest BCUT2D eigenvalue weighted by Crippen LogP contribution is 2.27. The second kappa shape index (κ2) is 5.16. The van der Waals surface area contributed by atoms with E-state index in [1.165, 1.54) is 12.1 Å². The van der Waals surface area contributed by atoms with Crippen molar-refractivity contribution in [1.82, 2.24) is 9.78 Å². The van der Waals surface area contributed by atoms with E-state index in [1.54, 1.807) is 10.9 Å². The van der Waals surface area contributed by atoms with Crippen LogP contribution >= 0.6 is 23.2 Å². The van der Waals surface area contributed by atoms with Crippen LogP contribution in [0.3, 0.4) is 0 Å². The summed E-state index contributed by atoms with van der Waals surface area (Å²) in [7, 11) is 1.88. The molecule has 0 saturated heterocycles. The quantitative estimate of drug-likeness (QED) is 0.871. The Morgan fingerprint density at radius 2 is 1.94 bits per heavy atom. The number of hydrogen-bond acceptors (Lipinski definition) is 2. The van der Waals surface area contributed by atoms with Crippen molar-refractivity contribution in [2.45, 2.75) is 13.5 Å². The highest BCUT2D eigenvalue weighted by Gasteiger charge is 2.08. The summed E-state index contributed by atoms with van der Waals surface area (Å²) < 4.78 is 15.0. The zero-order valence-electron chi connectivity index (χ0n) is 9.97. The molecule has 96 valence electrons. The zero-order chi connectivity index (χ0) is 13.3. The molecule has 0 aliphatic heterocycles. The van der Waals surface area contributed by atoms with Crippen molar-refractivity contribution >= 4 is 28.9 Å². The van der Waals surface area contributed by atoms with Crippen LogP contribution in [0.2, 0.25) is 10.0 Å². The van der Waals surface area contributed by atoms with Gasteiger partial charge in [0, 0.05) is 30.5 Å². The lowest BCUT2D eigenvalue weighted by atomic mass is 10.2. The first-order valence-electron chi connectivity index (χ1n) is 5.35. The third kappa shape index (κ3) is 2.60. The highest BCUT2D eigenvalue weighted by atomic mass is 35.5. The lowest BCUT2D eigenvalue weighted by molar-refractivity contribution is 0.629. The predicted molar refractivity (Wildman–Crippen MR) is 71.7 cm³/mol. The second-order valence-electron chi connectivity index (χ2n) is 3.99. The van der Waals surface area contributed by atoms with Crippen LogP contribution in [0.15, 0.2) is 18.3 Å². The van der Waals surface area contributed by atoms with Crippen molar-refractivity contribution in [3.63, 3.8) is 0 Å². The molecular formula is C12H12Cl2FN3. The SMILES string of the molecule is Cc1c(CNc2cc(Cl)c(F)c(Cl)c2)cnn1C. The van der Waals surface area contributed by atoms with E-state index in [4.69, 9.17) is 23.2 Å². The Hall–Kier alpha value is -1.26. The minimum atomic E-state index is -0.596. The molecule has 1 N–H and O–H groups in total. The smallest absolute Gasteiger partial charge is 0.160 e. The minimum Gasteiger partial charge on any atom is -0.381 e. The van der Waals surface area contributed by atoms with Gasteiger partial charge in [-0.15, -0.1) is 0 Å². The molecule has 2 aromatic rings. The van der Waals surface area contributed by atoms with Gasteiger partial charge in [0.2, 0.25) is 0 Å². The summed E-state index contributed by atoms with van der Waals surface area (Å²) in [5.74, 6) is -0.596. The first kappa shape index (κ1) is 13.2. The molecule has 0 spiro atoms. The van der Waals surface area contributed by atoms with Crippen LogP contribution in [0.1, 0.15) is 11.3 Å². The Balaban J connectivity index is 2.13. The van der Waals surface area contributed by atoms with Crippen molar-refractivity contribution in [2.75, 3.05) is 5.32 Å². The van der Waals surface area contributed by atoms with E-state index in [0.29, 0.717) is 12.2 Å². The van der Waals surface area contributed by atoms with Crippen LogP contribution in [0, 0.1) is 12.7 Å². The van der Waals surface area contributed by atoms with E-state index in [0.717, 1.165) is 11.3 Å². The number of hydrogen-bond donors (Lipinski definition) is 1. The number of anilines is 1. The fourth-order valence-corrected chi connectivity index (χ4v) is 2.06. The molecule has 6 heteroatoms. The normalized spacial score (nSPS) is 10.7. The van der Waals surface area contributed by atoms with Crippen LogP contribution in [-0.2, 0) is 13.6 Å². The van der Waals surface area contributed by atoms with Crippen molar-refractivity contribution in [2.24, 2.45) is 7.05 Å². The van der Waals surface area contributed by atoms with Crippen molar-refractivity contribution in [1.29, 1.82) is 0 Å². The van der Waals surface area contributed by atoms with Gasteiger partial charge in [-0.1, -0.05) is 23.2 Å². The molecular weight excluding hydrogens is 276 g/mol. The molecule has 3 nitrogen and oxygen atoms in total. The fourth-order valence-electron chi connectivity index (χ4n) is 1.57. The maximum atomic E-state index is 13.2. The molecule has 2 rings (SSSR count). The molecule has 0 fully saturated rings. The first-order chi connectivity index (χ1) is 8.49. The molecule has 0 amide bonds. The second-order valence-corrected chi connectivity index (χ2v) is 4.80. The molecule has 18 heavy (non-hydrogen) atoms. The molecule has 0 radical (unpaired) electrons. The Labute approximate surface area is 115 Å². The van der Waals surface area contributed by atoms with Crippen LogP contribution in [0.25, 0.3) is 0 Å². The van der Waals surface area contributed by atoms with Crippen LogP contribution in [0.4, 0.5) is 10.1 Å². The average molecular weight is 288 g/mol. The van der Waals surface area contributed by atoms with Gasteiger partial charge in [0.25, 0.3) is 0 Å². The maximum Gasteiger partial charge on any atom is 0.160 e. The topological polar surface area (TPSA) is 29.9 Å².